The van der Waals surface area contributed by atoms with Crippen LogP contribution in [0.2, 0.25) is 0 Å². The number of amides is 2. The molecular formula is C19H29N3O2. The molecule has 24 heavy (non-hydrogen) atoms. The van der Waals surface area contributed by atoms with Gasteiger partial charge in [0.25, 0.3) is 0 Å². The van der Waals surface area contributed by atoms with Gasteiger partial charge in [0, 0.05) is 19.1 Å². The molecule has 0 bridgehead atoms. The van der Waals surface area contributed by atoms with Crippen LogP contribution in [0.25, 0.3) is 0 Å². The van der Waals surface area contributed by atoms with Crippen LogP contribution >= 0.6 is 0 Å². The van der Waals surface area contributed by atoms with Gasteiger partial charge in [-0.05, 0) is 45.7 Å². The van der Waals surface area contributed by atoms with Crippen molar-refractivity contribution in [1.29, 1.82) is 0 Å². The van der Waals surface area contributed by atoms with Crippen LogP contribution in [0.3, 0.4) is 0 Å². The highest BCUT2D eigenvalue weighted by molar-refractivity contribution is 5.85. The minimum absolute atomic E-state index is 0.0557. The van der Waals surface area contributed by atoms with Crippen LogP contribution in [0.4, 0.5) is 0 Å². The number of nitrogens with zero attached hydrogens (tertiary/aromatic N) is 2. The van der Waals surface area contributed by atoms with Crippen LogP contribution in [0.15, 0.2) is 30.3 Å². The summed E-state index contributed by atoms with van der Waals surface area (Å²) in [5.41, 5.74) is 0.938. The smallest absolute Gasteiger partial charge is 0.244 e. The first-order chi connectivity index (χ1) is 11.5. The maximum atomic E-state index is 13.1. The summed E-state index contributed by atoms with van der Waals surface area (Å²) >= 11 is 0. The monoisotopic (exact) mass is 331 g/mol. The average Bonchev–Trinajstić information content (AvgIpc) is 2.56. The van der Waals surface area contributed by atoms with Crippen LogP contribution in [-0.4, -0.2) is 54.3 Å². The molecule has 0 unspecified atom stereocenters. The van der Waals surface area contributed by atoms with Crippen LogP contribution in [0.1, 0.15) is 44.7 Å². The Morgan fingerprint density at radius 1 is 1.12 bits per heavy atom. The van der Waals surface area contributed by atoms with Gasteiger partial charge < -0.3 is 10.2 Å². The number of benzene rings is 1. The van der Waals surface area contributed by atoms with Crippen molar-refractivity contribution in [2.24, 2.45) is 0 Å². The summed E-state index contributed by atoms with van der Waals surface area (Å²) in [6.07, 6.45) is 3.31. The van der Waals surface area contributed by atoms with E-state index in [1.807, 2.05) is 61.0 Å². The van der Waals surface area contributed by atoms with Gasteiger partial charge in [0.2, 0.25) is 11.8 Å². The summed E-state index contributed by atoms with van der Waals surface area (Å²) in [7, 11) is 1.85. The predicted molar refractivity (Wildman–Crippen MR) is 95.5 cm³/mol. The third-order valence-electron chi connectivity index (χ3n) is 4.30. The number of piperidine rings is 1. The molecule has 1 aliphatic heterocycles. The first kappa shape index (κ1) is 18.5. The summed E-state index contributed by atoms with van der Waals surface area (Å²) in [4.78, 5) is 29.0. The van der Waals surface area contributed by atoms with E-state index in [0.29, 0.717) is 0 Å². The van der Waals surface area contributed by atoms with Gasteiger partial charge >= 0.3 is 0 Å². The highest BCUT2D eigenvalue weighted by Crippen LogP contribution is 2.23. The molecule has 1 atom stereocenters. The Balaban J connectivity index is 2.16. The number of likely N-dealkylation sites (N-methyl/N-ethyl adjacent to an activating group) is 1. The van der Waals surface area contributed by atoms with E-state index in [2.05, 4.69) is 5.32 Å². The fourth-order valence-electron chi connectivity index (χ4n) is 3.19. The Labute approximate surface area is 145 Å². The van der Waals surface area contributed by atoms with Crippen molar-refractivity contribution in [3.05, 3.63) is 35.9 Å². The molecule has 0 saturated carbocycles. The van der Waals surface area contributed by atoms with E-state index >= 15 is 0 Å². The Kier molecular flexibility index (Phi) is 6.79. The molecule has 0 spiro atoms. The first-order valence-electron chi connectivity index (χ1n) is 8.82. The van der Waals surface area contributed by atoms with Gasteiger partial charge in [-0.15, -0.1) is 0 Å². The summed E-state index contributed by atoms with van der Waals surface area (Å²) < 4.78 is 0. The lowest BCUT2D eigenvalue weighted by Crippen LogP contribution is -2.47. The first-order valence-corrected chi connectivity index (χ1v) is 8.82. The minimum atomic E-state index is -0.415. The van der Waals surface area contributed by atoms with E-state index in [0.717, 1.165) is 31.5 Å². The van der Waals surface area contributed by atoms with E-state index in [4.69, 9.17) is 0 Å². The molecule has 0 aromatic heterocycles. The van der Waals surface area contributed by atoms with E-state index in [1.165, 1.54) is 6.42 Å². The lowest BCUT2D eigenvalue weighted by molar-refractivity contribution is -0.138. The van der Waals surface area contributed by atoms with Crippen molar-refractivity contribution in [3.63, 3.8) is 0 Å². The molecule has 5 nitrogen and oxygen atoms in total. The van der Waals surface area contributed by atoms with Crippen LogP contribution in [-0.2, 0) is 9.59 Å². The molecule has 1 aromatic rings. The standard InChI is InChI=1S/C19H29N3O2/c1-15(2)20-17(23)14-21(3)18(16-10-6-4-7-11-16)19(24)22-12-8-5-9-13-22/h4,6-7,10-11,15,18H,5,8-9,12-14H2,1-3H3,(H,20,23)/t18-/m0/s1. The second-order valence-corrected chi connectivity index (χ2v) is 6.84. The normalized spacial score (nSPS) is 16.3. The van der Waals surface area contributed by atoms with Gasteiger partial charge in [-0.2, -0.15) is 0 Å². The fourth-order valence-corrected chi connectivity index (χ4v) is 3.19. The molecule has 132 valence electrons. The van der Waals surface area contributed by atoms with E-state index < -0.39 is 6.04 Å². The molecule has 1 aromatic carbocycles. The number of nitrogens with one attached hydrogen (secondary N) is 1. The molecule has 0 aliphatic carbocycles. The SMILES string of the molecule is CC(C)NC(=O)CN(C)[C@H](C(=O)N1CCCCC1)c1ccccc1. The number of hydrogen-bond acceptors (Lipinski definition) is 3. The number of likely N-dealkylation sites (tertiary alicyclic amines) is 1. The maximum absolute atomic E-state index is 13.1. The van der Waals surface area contributed by atoms with Crippen LogP contribution < -0.4 is 5.32 Å². The third kappa shape index (κ3) is 5.06. The third-order valence-corrected chi connectivity index (χ3v) is 4.30. The summed E-state index contributed by atoms with van der Waals surface area (Å²) in [5.74, 6) is 0.0422. The summed E-state index contributed by atoms with van der Waals surface area (Å²) in [6, 6.07) is 9.42. The summed E-state index contributed by atoms with van der Waals surface area (Å²) in [5, 5.41) is 2.89. The second-order valence-electron chi connectivity index (χ2n) is 6.84. The van der Waals surface area contributed by atoms with Crippen molar-refractivity contribution < 1.29 is 9.59 Å². The maximum Gasteiger partial charge on any atom is 0.244 e. The Bertz CT molecular complexity index is 539. The van der Waals surface area contributed by atoms with E-state index in [9.17, 15) is 9.59 Å². The zero-order valence-electron chi connectivity index (χ0n) is 15.0. The molecule has 1 N–H and O–H groups in total. The largest absolute Gasteiger partial charge is 0.353 e. The molecule has 1 aliphatic rings. The molecule has 0 radical (unpaired) electrons. The molecule has 2 amide bonds. The van der Waals surface area contributed by atoms with Gasteiger partial charge in [-0.1, -0.05) is 30.3 Å². The number of carbonyl (C=O) groups excluding carboxylic acids is 2. The predicted octanol–water partition coefficient (Wildman–Crippen LogP) is 2.20. The van der Waals surface area contributed by atoms with Crippen molar-refractivity contribution in [1.82, 2.24) is 15.1 Å². The van der Waals surface area contributed by atoms with Crippen LogP contribution in [0, 0.1) is 0 Å². The second kappa shape index (κ2) is 8.83. The topological polar surface area (TPSA) is 52.7 Å². The number of rotatable bonds is 6. The molecule has 1 saturated heterocycles. The number of carbonyl (C=O) groups is 2. The average molecular weight is 331 g/mol. The van der Waals surface area contributed by atoms with Gasteiger partial charge in [-0.25, -0.2) is 0 Å². The highest BCUT2D eigenvalue weighted by atomic mass is 16.2. The van der Waals surface area contributed by atoms with E-state index in [-0.39, 0.29) is 24.4 Å². The lowest BCUT2D eigenvalue weighted by atomic mass is 10.0. The molecule has 1 fully saturated rings. The fraction of sp³-hybridized carbons (Fsp3) is 0.579. The van der Waals surface area contributed by atoms with Gasteiger partial charge in [0.05, 0.1) is 6.54 Å². The van der Waals surface area contributed by atoms with Crippen molar-refractivity contribution >= 4 is 11.8 Å². The quantitative estimate of drug-likeness (QED) is 0.869. The van der Waals surface area contributed by atoms with Crippen molar-refractivity contribution in [2.45, 2.75) is 45.2 Å². The molecule has 2 rings (SSSR count). The zero-order valence-corrected chi connectivity index (χ0v) is 15.0. The minimum Gasteiger partial charge on any atom is -0.353 e. The number of hydrogen-bond donors (Lipinski definition) is 1. The van der Waals surface area contributed by atoms with E-state index in [1.54, 1.807) is 0 Å². The van der Waals surface area contributed by atoms with Crippen molar-refractivity contribution in [2.75, 3.05) is 26.7 Å². The highest BCUT2D eigenvalue weighted by Gasteiger charge is 2.31. The lowest BCUT2D eigenvalue weighted by Gasteiger charge is -2.34. The zero-order chi connectivity index (χ0) is 17.5. The molecule has 1 heterocycles. The van der Waals surface area contributed by atoms with Gasteiger partial charge in [0.15, 0.2) is 0 Å². The Hall–Kier alpha value is -1.88. The van der Waals surface area contributed by atoms with Gasteiger partial charge in [-0.3, -0.25) is 14.5 Å². The van der Waals surface area contributed by atoms with Crippen LogP contribution in [0.5, 0.6) is 0 Å². The van der Waals surface area contributed by atoms with Gasteiger partial charge in [0.1, 0.15) is 6.04 Å². The molecular weight excluding hydrogens is 302 g/mol. The molecule has 5 heteroatoms. The Morgan fingerprint density at radius 3 is 2.33 bits per heavy atom. The summed E-state index contributed by atoms with van der Waals surface area (Å²) in [6.45, 7) is 5.71. The van der Waals surface area contributed by atoms with Crippen molar-refractivity contribution in [3.8, 4) is 0 Å². The Morgan fingerprint density at radius 2 is 1.75 bits per heavy atom.